The molecule has 0 amide bonds. The molecule has 0 fully saturated rings. The third kappa shape index (κ3) is 5.00. The lowest BCUT2D eigenvalue weighted by atomic mass is 10.1. The van der Waals surface area contributed by atoms with Gasteiger partial charge in [0.25, 0.3) is 0 Å². The summed E-state index contributed by atoms with van der Waals surface area (Å²) in [4.78, 5) is 9.01. The second kappa shape index (κ2) is 8.03. The second-order valence-electron chi connectivity index (χ2n) is 4.73. The molecular weight excluding hydrogens is 226 g/mol. The molecule has 0 bridgehead atoms. The SMILES string of the molecule is CCCNc1cc(C(C)C)nc(COCCC)n1. The molecule has 4 heteroatoms. The van der Waals surface area contributed by atoms with Gasteiger partial charge in [0, 0.05) is 24.9 Å². The van der Waals surface area contributed by atoms with Gasteiger partial charge in [-0.15, -0.1) is 0 Å². The van der Waals surface area contributed by atoms with Gasteiger partial charge < -0.3 is 10.1 Å². The summed E-state index contributed by atoms with van der Waals surface area (Å²) >= 11 is 0. The van der Waals surface area contributed by atoms with Crippen molar-refractivity contribution in [3.8, 4) is 0 Å². The van der Waals surface area contributed by atoms with Crippen LogP contribution in [0, 0.1) is 0 Å². The molecule has 1 heterocycles. The fourth-order valence-corrected chi connectivity index (χ4v) is 1.53. The molecule has 0 saturated carbocycles. The Morgan fingerprint density at radius 1 is 1.22 bits per heavy atom. The minimum Gasteiger partial charge on any atom is -0.373 e. The average Bonchev–Trinajstić information content (AvgIpc) is 2.36. The summed E-state index contributed by atoms with van der Waals surface area (Å²) in [6, 6.07) is 2.03. The van der Waals surface area contributed by atoms with Crippen LogP contribution >= 0.6 is 0 Å². The zero-order valence-electron chi connectivity index (χ0n) is 12.0. The molecule has 1 N–H and O–H groups in total. The van der Waals surface area contributed by atoms with Crippen LogP contribution in [0.3, 0.4) is 0 Å². The van der Waals surface area contributed by atoms with Crippen molar-refractivity contribution in [1.29, 1.82) is 0 Å². The van der Waals surface area contributed by atoms with Gasteiger partial charge in [-0.05, 0) is 18.8 Å². The maximum absolute atomic E-state index is 5.51. The van der Waals surface area contributed by atoms with Gasteiger partial charge in [-0.1, -0.05) is 27.7 Å². The standard InChI is InChI=1S/C14H25N3O/c1-5-7-15-13-9-12(11(3)4)16-14(17-13)10-18-8-6-2/h9,11H,5-8,10H2,1-4H3,(H,15,16,17). The molecule has 0 aromatic carbocycles. The maximum Gasteiger partial charge on any atom is 0.156 e. The molecule has 0 saturated heterocycles. The summed E-state index contributed by atoms with van der Waals surface area (Å²) in [5, 5.41) is 3.31. The molecular formula is C14H25N3O. The van der Waals surface area contributed by atoms with Crippen LogP contribution < -0.4 is 5.32 Å². The van der Waals surface area contributed by atoms with Crippen LogP contribution in [0.2, 0.25) is 0 Å². The summed E-state index contributed by atoms with van der Waals surface area (Å²) in [6.07, 6.45) is 2.10. The number of ether oxygens (including phenoxy) is 1. The van der Waals surface area contributed by atoms with E-state index in [2.05, 4.69) is 43.0 Å². The van der Waals surface area contributed by atoms with Crippen LogP contribution in [0.4, 0.5) is 5.82 Å². The normalized spacial score (nSPS) is 10.9. The lowest BCUT2D eigenvalue weighted by Gasteiger charge is -2.11. The first kappa shape index (κ1) is 14.9. The molecule has 0 atom stereocenters. The van der Waals surface area contributed by atoms with E-state index in [9.17, 15) is 0 Å². The fraction of sp³-hybridized carbons (Fsp3) is 0.714. The molecule has 1 aromatic rings. The summed E-state index contributed by atoms with van der Waals surface area (Å²) in [6.45, 7) is 10.7. The predicted molar refractivity (Wildman–Crippen MR) is 74.8 cm³/mol. The van der Waals surface area contributed by atoms with E-state index >= 15 is 0 Å². The highest BCUT2D eigenvalue weighted by atomic mass is 16.5. The van der Waals surface area contributed by atoms with Gasteiger partial charge in [0.05, 0.1) is 0 Å². The third-order valence-corrected chi connectivity index (χ3v) is 2.52. The minimum absolute atomic E-state index is 0.403. The van der Waals surface area contributed by atoms with Gasteiger partial charge in [0.15, 0.2) is 5.82 Å². The molecule has 0 radical (unpaired) electrons. The first-order valence-corrected chi connectivity index (χ1v) is 6.86. The minimum atomic E-state index is 0.403. The number of nitrogens with zero attached hydrogens (tertiary/aromatic N) is 2. The van der Waals surface area contributed by atoms with Gasteiger partial charge in [-0.25, -0.2) is 9.97 Å². The van der Waals surface area contributed by atoms with Gasteiger partial charge in [-0.2, -0.15) is 0 Å². The first-order chi connectivity index (χ1) is 8.67. The number of hydrogen-bond acceptors (Lipinski definition) is 4. The number of hydrogen-bond donors (Lipinski definition) is 1. The smallest absolute Gasteiger partial charge is 0.156 e. The number of aromatic nitrogens is 2. The van der Waals surface area contributed by atoms with E-state index in [1.54, 1.807) is 0 Å². The van der Waals surface area contributed by atoms with Crippen molar-refractivity contribution in [3.63, 3.8) is 0 Å². The van der Waals surface area contributed by atoms with E-state index in [0.717, 1.165) is 43.3 Å². The van der Waals surface area contributed by atoms with Crippen molar-refractivity contribution in [2.45, 2.75) is 53.1 Å². The zero-order valence-corrected chi connectivity index (χ0v) is 12.0. The molecule has 0 unspecified atom stereocenters. The number of nitrogens with one attached hydrogen (secondary N) is 1. The van der Waals surface area contributed by atoms with E-state index in [1.807, 2.05) is 6.07 Å². The molecule has 4 nitrogen and oxygen atoms in total. The highest BCUT2D eigenvalue weighted by Gasteiger charge is 2.07. The van der Waals surface area contributed by atoms with Crippen LogP contribution in [-0.2, 0) is 11.3 Å². The Balaban J connectivity index is 2.77. The largest absolute Gasteiger partial charge is 0.373 e. The zero-order chi connectivity index (χ0) is 13.4. The van der Waals surface area contributed by atoms with E-state index < -0.39 is 0 Å². The van der Waals surface area contributed by atoms with E-state index in [0.29, 0.717) is 12.5 Å². The highest BCUT2D eigenvalue weighted by Crippen LogP contribution is 2.16. The Morgan fingerprint density at radius 3 is 2.61 bits per heavy atom. The van der Waals surface area contributed by atoms with Crippen molar-refractivity contribution in [2.24, 2.45) is 0 Å². The average molecular weight is 251 g/mol. The monoisotopic (exact) mass is 251 g/mol. The summed E-state index contributed by atoms with van der Waals surface area (Å²) in [5.41, 5.74) is 1.07. The Hall–Kier alpha value is -1.16. The highest BCUT2D eigenvalue weighted by molar-refractivity contribution is 5.36. The Bertz CT molecular complexity index is 353. The molecule has 0 aliphatic rings. The molecule has 102 valence electrons. The van der Waals surface area contributed by atoms with E-state index in [-0.39, 0.29) is 0 Å². The van der Waals surface area contributed by atoms with Crippen molar-refractivity contribution < 1.29 is 4.74 Å². The third-order valence-electron chi connectivity index (χ3n) is 2.52. The van der Waals surface area contributed by atoms with Crippen LogP contribution in [0.1, 0.15) is 58.0 Å². The van der Waals surface area contributed by atoms with Crippen LogP contribution in [-0.4, -0.2) is 23.1 Å². The molecule has 0 aliphatic heterocycles. The Labute approximate surface area is 110 Å². The summed E-state index contributed by atoms with van der Waals surface area (Å²) in [7, 11) is 0. The fourth-order valence-electron chi connectivity index (χ4n) is 1.53. The first-order valence-electron chi connectivity index (χ1n) is 6.86. The molecule has 18 heavy (non-hydrogen) atoms. The van der Waals surface area contributed by atoms with Crippen molar-refractivity contribution in [2.75, 3.05) is 18.5 Å². The number of rotatable bonds is 8. The van der Waals surface area contributed by atoms with Gasteiger partial charge in [0.2, 0.25) is 0 Å². The van der Waals surface area contributed by atoms with Crippen LogP contribution in [0.15, 0.2) is 6.07 Å². The van der Waals surface area contributed by atoms with E-state index in [1.165, 1.54) is 0 Å². The Kier molecular flexibility index (Phi) is 6.65. The molecule has 1 rings (SSSR count). The van der Waals surface area contributed by atoms with Crippen molar-refractivity contribution in [3.05, 3.63) is 17.6 Å². The summed E-state index contributed by atoms with van der Waals surface area (Å²) in [5.74, 6) is 2.08. The molecule has 1 aromatic heterocycles. The van der Waals surface area contributed by atoms with Gasteiger partial charge in [0.1, 0.15) is 12.4 Å². The topological polar surface area (TPSA) is 47.0 Å². The maximum atomic E-state index is 5.51. The van der Waals surface area contributed by atoms with Crippen LogP contribution in [0.5, 0.6) is 0 Å². The van der Waals surface area contributed by atoms with Crippen molar-refractivity contribution >= 4 is 5.82 Å². The quantitative estimate of drug-likeness (QED) is 0.720. The Morgan fingerprint density at radius 2 is 2.00 bits per heavy atom. The lowest BCUT2D eigenvalue weighted by molar-refractivity contribution is 0.116. The predicted octanol–water partition coefficient (Wildman–Crippen LogP) is 3.35. The second-order valence-corrected chi connectivity index (χ2v) is 4.73. The molecule has 0 spiro atoms. The van der Waals surface area contributed by atoms with Gasteiger partial charge >= 0.3 is 0 Å². The number of anilines is 1. The van der Waals surface area contributed by atoms with Crippen LogP contribution in [0.25, 0.3) is 0 Å². The summed E-state index contributed by atoms with van der Waals surface area (Å²) < 4.78 is 5.51. The van der Waals surface area contributed by atoms with Gasteiger partial charge in [-0.3, -0.25) is 0 Å². The van der Waals surface area contributed by atoms with Crippen molar-refractivity contribution in [1.82, 2.24) is 9.97 Å². The lowest BCUT2D eigenvalue weighted by Crippen LogP contribution is -2.09. The van der Waals surface area contributed by atoms with E-state index in [4.69, 9.17) is 4.74 Å². The molecule has 0 aliphatic carbocycles.